The Hall–Kier alpha value is -1.75. The molecule has 1 fully saturated rings. The van der Waals surface area contributed by atoms with E-state index in [2.05, 4.69) is 16.8 Å². The number of nitrogens with one attached hydrogen (secondary N) is 1. The highest BCUT2D eigenvalue weighted by molar-refractivity contribution is 5.58. The van der Waals surface area contributed by atoms with Crippen molar-refractivity contribution in [2.45, 2.75) is 32.6 Å². The summed E-state index contributed by atoms with van der Waals surface area (Å²) < 4.78 is 10.9. The van der Waals surface area contributed by atoms with Gasteiger partial charge in [-0.25, -0.2) is 0 Å². The first kappa shape index (κ1) is 15.6. The highest BCUT2D eigenvalue weighted by Crippen LogP contribution is 2.13. The van der Waals surface area contributed by atoms with Crippen molar-refractivity contribution < 1.29 is 19.6 Å². The van der Waals surface area contributed by atoms with Crippen LogP contribution in [-0.2, 0) is 4.74 Å². The summed E-state index contributed by atoms with van der Waals surface area (Å²) in [6, 6.07) is 7.48. The molecule has 1 aromatic rings. The van der Waals surface area contributed by atoms with E-state index in [0.717, 1.165) is 30.9 Å². The van der Waals surface area contributed by atoms with Crippen molar-refractivity contribution in [3.8, 4) is 5.75 Å². The topological polar surface area (TPSA) is 55.9 Å². The third kappa shape index (κ3) is 5.63. The first-order chi connectivity index (χ1) is 10.3. The number of benzene rings is 1. The maximum Gasteiger partial charge on any atom is 0.552 e. The second kappa shape index (κ2) is 8.52. The van der Waals surface area contributed by atoms with Crippen LogP contribution in [0.3, 0.4) is 0 Å². The fourth-order valence-electron chi connectivity index (χ4n) is 2.28. The summed E-state index contributed by atoms with van der Waals surface area (Å²) in [7, 11) is 0. The molecule has 0 atom stereocenters. The molecule has 116 valence electrons. The van der Waals surface area contributed by atoms with E-state index in [1.54, 1.807) is 0 Å². The van der Waals surface area contributed by atoms with Gasteiger partial charge in [-0.2, -0.15) is 0 Å². The number of hydrogen-bond donors (Lipinski definition) is 2. The molecule has 2 N–H and O–H groups in total. The second-order valence-corrected chi connectivity index (χ2v) is 5.26. The molecule has 1 aromatic carbocycles. The molecule has 1 aliphatic heterocycles. The van der Waals surface area contributed by atoms with Crippen LogP contribution in [0, 0.1) is 0 Å². The van der Waals surface area contributed by atoms with Crippen LogP contribution in [0.15, 0.2) is 24.3 Å². The van der Waals surface area contributed by atoms with Gasteiger partial charge in [0.05, 0.1) is 12.7 Å². The molecule has 2 rings (SSSR count). The number of likely N-dealkylation sites (tertiary alicyclic amines) is 1. The van der Waals surface area contributed by atoms with Crippen molar-refractivity contribution in [3.63, 3.8) is 0 Å². The van der Waals surface area contributed by atoms with E-state index in [1.807, 2.05) is 24.3 Å². The van der Waals surface area contributed by atoms with E-state index in [4.69, 9.17) is 9.47 Å². The Bertz CT molecular complexity index is 457. The maximum atomic E-state index is 9.82. The summed E-state index contributed by atoms with van der Waals surface area (Å²) in [5.41, 5.74) is 0.750. The number of ether oxygens (including phenoxy) is 2. The molecule has 0 spiro atoms. The van der Waals surface area contributed by atoms with Crippen LogP contribution in [0.5, 0.6) is 5.75 Å². The lowest BCUT2D eigenvalue weighted by Crippen LogP contribution is -2.67. The SMILES string of the molecule is CCCOc1cccc([NH+]=C(O)OCN2CCCCC2)c1. The number of hydrogen-bond acceptors (Lipinski definition) is 3. The lowest BCUT2D eigenvalue weighted by molar-refractivity contribution is -0.383. The zero-order valence-corrected chi connectivity index (χ0v) is 12.7. The molecular weight excluding hydrogens is 268 g/mol. The van der Waals surface area contributed by atoms with Gasteiger partial charge in [0.1, 0.15) is 5.75 Å². The van der Waals surface area contributed by atoms with Crippen molar-refractivity contribution in [1.29, 1.82) is 0 Å². The Balaban J connectivity index is 1.85. The molecule has 0 saturated carbocycles. The number of piperidine rings is 1. The first-order valence-electron chi connectivity index (χ1n) is 7.69. The van der Waals surface area contributed by atoms with E-state index in [1.165, 1.54) is 19.3 Å². The van der Waals surface area contributed by atoms with E-state index in [9.17, 15) is 5.11 Å². The molecule has 0 bridgehead atoms. The van der Waals surface area contributed by atoms with Crippen LogP contribution in [-0.4, -0.2) is 42.5 Å². The van der Waals surface area contributed by atoms with E-state index in [-0.39, 0.29) is 6.08 Å². The van der Waals surface area contributed by atoms with Gasteiger partial charge in [0.2, 0.25) is 5.69 Å². The normalized spacial score (nSPS) is 16.7. The van der Waals surface area contributed by atoms with Crippen LogP contribution in [0.1, 0.15) is 32.6 Å². The minimum atomic E-state index is -0.173. The van der Waals surface area contributed by atoms with Gasteiger partial charge in [-0.1, -0.05) is 19.4 Å². The predicted octanol–water partition coefficient (Wildman–Crippen LogP) is 1.56. The maximum absolute atomic E-state index is 9.82. The third-order valence-electron chi connectivity index (χ3n) is 3.39. The summed E-state index contributed by atoms with van der Waals surface area (Å²) in [4.78, 5) is 5.04. The van der Waals surface area contributed by atoms with Gasteiger partial charge in [-0.3, -0.25) is 4.90 Å². The molecule has 5 heteroatoms. The lowest BCUT2D eigenvalue weighted by atomic mass is 10.1. The van der Waals surface area contributed by atoms with Crippen LogP contribution < -0.4 is 9.73 Å². The lowest BCUT2D eigenvalue weighted by Gasteiger charge is -2.24. The minimum Gasteiger partial charge on any atom is -0.493 e. The van der Waals surface area contributed by atoms with E-state index >= 15 is 0 Å². The molecule has 1 aliphatic rings. The number of aliphatic hydroxyl groups is 1. The van der Waals surface area contributed by atoms with Crippen molar-refractivity contribution in [1.82, 2.24) is 4.90 Å². The van der Waals surface area contributed by atoms with Gasteiger partial charge < -0.3 is 14.6 Å². The largest absolute Gasteiger partial charge is 0.552 e. The Morgan fingerprint density at radius 1 is 1.29 bits per heavy atom. The molecule has 1 heterocycles. The monoisotopic (exact) mass is 293 g/mol. The fourth-order valence-corrected chi connectivity index (χ4v) is 2.28. The summed E-state index contributed by atoms with van der Waals surface area (Å²) in [5, 5.41) is 9.82. The van der Waals surface area contributed by atoms with E-state index < -0.39 is 0 Å². The van der Waals surface area contributed by atoms with Crippen molar-refractivity contribution in [3.05, 3.63) is 24.3 Å². The zero-order valence-electron chi connectivity index (χ0n) is 12.7. The Morgan fingerprint density at radius 2 is 2.10 bits per heavy atom. The Kier molecular flexibility index (Phi) is 6.34. The van der Waals surface area contributed by atoms with Gasteiger partial charge in [-0.05, 0) is 25.3 Å². The van der Waals surface area contributed by atoms with Crippen molar-refractivity contribution in [2.24, 2.45) is 0 Å². The average Bonchev–Trinajstić information content (AvgIpc) is 2.52. The van der Waals surface area contributed by atoms with Gasteiger partial charge in [-0.15, -0.1) is 4.99 Å². The average molecular weight is 293 g/mol. The van der Waals surface area contributed by atoms with Gasteiger partial charge in [0.15, 0.2) is 6.73 Å². The molecule has 5 nitrogen and oxygen atoms in total. The van der Waals surface area contributed by atoms with Crippen LogP contribution in [0.2, 0.25) is 0 Å². The molecule has 0 aromatic heterocycles. The summed E-state index contributed by atoms with van der Waals surface area (Å²) in [6.07, 6.45) is 4.49. The minimum absolute atomic E-state index is 0.173. The van der Waals surface area contributed by atoms with Gasteiger partial charge in [0.25, 0.3) is 0 Å². The Morgan fingerprint density at radius 3 is 2.86 bits per heavy atom. The highest BCUT2D eigenvalue weighted by atomic mass is 16.6. The number of nitrogens with zero attached hydrogens (tertiary/aromatic N) is 1. The quantitative estimate of drug-likeness (QED) is 0.617. The molecule has 0 amide bonds. The van der Waals surface area contributed by atoms with Crippen molar-refractivity contribution in [2.75, 3.05) is 26.4 Å². The van der Waals surface area contributed by atoms with Crippen LogP contribution in [0.4, 0.5) is 5.69 Å². The van der Waals surface area contributed by atoms with Crippen LogP contribution >= 0.6 is 0 Å². The molecule has 0 radical (unpaired) electrons. The molecule has 0 unspecified atom stereocenters. The molecule has 0 aliphatic carbocycles. The fraction of sp³-hybridized carbons (Fsp3) is 0.562. The highest BCUT2D eigenvalue weighted by Gasteiger charge is 2.13. The molecule has 21 heavy (non-hydrogen) atoms. The number of aliphatic hydroxyl groups excluding tert-OH is 1. The molecule has 1 saturated heterocycles. The predicted molar refractivity (Wildman–Crippen MR) is 81.9 cm³/mol. The summed E-state index contributed by atoms with van der Waals surface area (Å²) in [5.74, 6) is 0.783. The summed E-state index contributed by atoms with van der Waals surface area (Å²) >= 11 is 0. The van der Waals surface area contributed by atoms with Gasteiger partial charge in [0, 0.05) is 19.2 Å². The zero-order chi connectivity index (χ0) is 14.9. The molecular formula is C16H25N2O3+. The Labute approximate surface area is 126 Å². The van der Waals surface area contributed by atoms with E-state index in [0.29, 0.717) is 13.3 Å². The summed E-state index contributed by atoms with van der Waals surface area (Å²) in [6.45, 7) is 5.24. The second-order valence-electron chi connectivity index (χ2n) is 5.26. The van der Waals surface area contributed by atoms with Gasteiger partial charge >= 0.3 is 6.08 Å². The smallest absolute Gasteiger partial charge is 0.493 e. The van der Waals surface area contributed by atoms with Crippen LogP contribution in [0.25, 0.3) is 0 Å². The standard InChI is InChI=1S/C16H24N2O3/c1-2-11-20-15-8-6-7-14(12-15)17-16(19)21-13-18-9-4-3-5-10-18/h6-8,12H,2-5,9-11,13H2,1H3,(H,17,19)/p+1. The first-order valence-corrected chi connectivity index (χ1v) is 7.69. The third-order valence-corrected chi connectivity index (χ3v) is 3.39. The van der Waals surface area contributed by atoms with Crippen molar-refractivity contribution >= 4 is 11.8 Å². The number of rotatable bonds is 6.